The van der Waals surface area contributed by atoms with Gasteiger partial charge in [0, 0.05) is 25.7 Å². The lowest BCUT2D eigenvalue weighted by atomic mass is 10.0. The molecule has 3 rings (SSSR count). The van der Waals surface area contributed by atoms with Crippen LogP contribution >= 0.6 is 0 Å². The van der Waals surface area contributed by atoms with Gasteiger partial charge < -0.3 is 15.2 Å². The number of hydrogen-bond acceptors (Lipinski definition) is 6. The fraction of sp³-hybridized carbons (Fsp3) is 0.438. The van der Waals surface area contributed by atoms with E-state index in [1.807, 2.05) is 25.2 Å². The van der Waals surface area contributed by atoms with Gasteiger partial charge in [0.15, 0.2) is 16.5 Å². The van der Waals surface area contributed by atoms with Crippen LogP contribution in [0.3, 0.4) is 0 Å². The smallest absolute Gasteiger partial charge is 0.250 e. The van der Waals surface area contributed by atoms with Gasteiger partial charge in [0.05, 0.1) is 0 Å². The summed E-state index contributed by atoms with van der Waals surface area (Å²) < 4.78 is 32.3. The van der Waals surface area contributed by atoms with Crippen molar-refractivity contribution in [2.75, 3.05) is 32.4 Å². The molecule has 1 fully saturated rings. The molecule has 8 heteroatoms. The molecule has 24 heavy (non-hydrogen) atoms. The first-order chi connectivity index (χ1) is 11.4. The number of anilines is 1. The summed E-state index contributed by atoms with van der Waals surface area (Å²) in [6.07, 6.45) is 0.793. The number of benzene rings is 1. The Labute approximate surface area is 142 Å². The van der Waals surface area contributed by atoms with Crippen molar-refractivity contribution in [2.45, 2.75) is 24.3 Å². The van der Waals surface area contributed by atoms with Crippen LogP contribution in [0.25, 0.3) is 0 Å². The molecule has 2 aromatic rings. The molecule has 2 N–H and O–H groups in total. The van der Waals surface area contributed by atoms with Gasteiger partial charge in [-0.25, -0.2) is 8.42 Å². The van der Waals surface area contributed by atoms with Crippen LogP contribution in [0, 0.1) is 6.92 Å². The van der Waals surface area contributed by atoms with Crippen molar-refractivity contribution in [3.8, 4) is 0 Å². The van der Waals surface area contributed by atoms with Gasteiger partial charge >= 0.3 is 0 Å². The van der Waals surface area contributed by atoms with E-state index in [0.717, 1.165) is 6.42 Å². The monoisotopic (exact) mass is 350 g/mol. The maximum Gasteiger partial charge on any atom is 0.250 e. The number of piperazine rings is 1. The number of aromatic nitrogens is 1. The highest BCUT2D eigenvalue weighted by Gasteiger charge is 2.36. The second-order valence-electron chi connectivity index (χ2n) is 6.14. The summed E-state index contributed by atoms with van der Waals surface area (Å²) in [5, 5.41) is 3.57. The molecular formula is C16H22N4O3S. The second-order valence-corrected chi connectivity index (χ2v) is 8.02. The van der Waals surface area contributed by atoms with E-state index in [4.69, 9.17) is 10.3 Å². The summed E-state index contributed by atoms with van der Waals surface area (Å²) in [4.78, 5) is 2.19. The van der Waals surface area contributed by atoms with Crippen LogP contribution in [0.15, 0.2) is 39.8 Å². The van der Waals surface area contributed by atoms with Crippen molar-refractivity contribution in [3.63, 3.8) is 0 Å². The predicted molar refractivity (Wildman–Crippen MR) is 91.0 cm³/mol. The van der Waals surface area contributed by atoms with E-state index in [9.17, 15) is 8.42 Å². The van der Waals surface area contributed by atoms with Crippen molar-refractivity contribution in [3.05, 3.63) is 41.7 Å². The molecule has 0 aliphatic carbocycles. The number of nitrogens with two attached hydrogens (primary N) is 1. The SMILES string of the molecule is Cc1onc(N)c1S(=O)(=O)N1CCN(C)C(Cc2ccccc2)C1. The number of hydrogen-bond donors (Lipinski definition) is 1. The molecule has 1 unspecified atom stereocenters. The van der Waals surface area contributed by atoms with Crippen molar-refractivity contribution < 1.29 is 12.9 Å². The lowest BCUT2D eigenvalue weighted by Gasteiger charge is -2.38. The summed E-state index contributed by atoms with van der Waals surface area (Å²) in [7, 11) is -1.68. The Morgan fingerprint density at radius 2 is 2.00 bits per heavy atom. The van der Waals surface area contributed by atoms with Crippen LogP contribution in [-0.2, 0) is 16.4 Å². The Kier molecular flexibility index (Phi) is 4.62. The van der Waals surface area contributed by atoms with Gasteiger partial charge in [0.2, 0.25) is 10.0 Å². The first-order valence-corrected chi connectivity index (χ1v) is 9.29. The zero-order valence-electron chi connectivity index (χ0n) is 13.8. The van der Waals surface area contributed by atoms with Crippen LogP contribution < -0.4 is 5.73 Å². The minimum Gasteiger partial charge on any atom is -0.380 e. The topological polar surface area (TPSA) is 92.7 Å². The Bertz CT molecular complexity index is 784. The Morgan fingerprint density at radius 3 is 2.62 bits per heavy atom. The fourth-order valence-corrected chi connectivity index (χ4v) is 4.72. The Morgan fingerprint density at radius 1 is 1.29 bits per heavy atom. The largest absolute Gasteiger partial charge is 0.380 e. The average molecular weight is 350 g/mol. The molecule has 0 radical (unpaired) electrons. The number of sulfonamides is 1. The van der Waals surface area contributed by atoms with E-state index < -0.39 is 10.0 Å². The minimum absolute atomic E-state index is 0.00878. The van der Waals surface area contributed by atoms with Crippen molar-refractivity contribution in [2.24, 2.45) is 0 Å². The number of rotatable bonds is 4. The van der Waals surface area contributed by atoms with Gasteiger partial charge in [-0.1, -0.05) is 35.5 Å². The summed E-state index contributed by atoms with van der Waals surface area (Å²) >= 11 is 0. The van der Waals surface area contributed by atoms with Crippen molar-refractivity contribution >= 4 is 15.8 Å². The second kappa shape index (κ2) is 6.54. The van der Waals surface area contributed by atoms with Gasteiger partial charge in [0.25, 0.3) is 0 Å². The number of nitrogens with zero attached hydrogens (tertiary/aromatic N) is 3. The van der Waals surface area contributed by atoms with Gasteiger partial charge in [-0.3, -0.25) is 0 Å². The summed E-state index contributed by atoms with van der Waals surface area (Å²) in [5.41, 5.74) is 6.89. The van der Waals surface area contributed by atoms with E-state index in [0.29, 0.717) is 19.6 Å². The van der Waals surface area contributed by atoms with Gasteiger partial charge in [0.1, 0.15) is 0 Å². The van der Waals surface area contributed by atoms with Crippen LogP contribution in [0.4, 0.5) is 5.82 Å². The molecule has 1 aliphatic heterocycles. The third kappa shape index (κ3) is 3.17. The average Bonchev–Trinajstić information content (AvgIpc) is 2.90. The van der Waals surface area contributed by atoms with Crippen molar-refractivity contribution in [1.82, 2.24) is 14.4 Å². The molecule has 1 saturated heterocycles. The van der Waals surface area contributed by atoms with Crippen LogP contribution in [-0.4, -0.2) is 55.5 Å². The molecule has 2 heterocycles. The lowest BCUT2D eigenvalue weighted by Crippen LogP contribution is -2.53. The van der Waals surface area contributed by atoms with Crippen molar-refractivity contribution in [1.29, 1.82) is 0 Å². The molecule has 1 aliphatic rings. The minimum atomic E-state index is -3.70. The number of likely N-dealkylation sites (N-methyl/N-ethyl adjacent to an activating group) is 1. The lowest BCUT2D eigenvalue weighted by molar-refractivity contribution is 0.147. The molecule has 0 amide bonds. The van der Waals surface area contributed by atoms with Gasteiger partial charge in [-0.05, 0) is 26.0 Å². The van der Waals surface area contributed by atoms with E-state index in [1.165, 1.54) is 9.87 Å². The molecule has 1 aromatic heterocycles. The third-order valence-corrected chi connectivity index (χ3v) is 6.51. The molecule has 130 valence electrons. The van der Waals surface area contributed by atoms with Crippen LogP contribution in [0.5, 0.6) is 0 Å². The highest BCUT2D eigenvalue weighted by atomic mass is 32.2. The molecule has 1 aromatic carbocycles. The molecule has 1 atom stereocenters. The van der Waals surface area contributed by atoms with Crippen LogP contribution in [0.2, 0.25) is 0 Å². The molecule has 0 bridgehead atoms. The summed E-state index contributed by atoms with van der Waals surface area (Å²) in [6, 6.07) is 10.2. The van der Waals surface area contributed by atoms with Gasteiger partial charge in [-0.15, -0.1) is 0 Å². The quantitative estimate of drug-likeness (QED) is 0.888. The number of aryl methyl sites for hydroxylation is 1. The Hall–Kier alpha value is -1.90. The first-order valence-electron chi connectivity index (χ1n) is 7.85. The first kappa shape index (κ1) is 16.9. The number of nitrogen functional groups attached to an aromatic ring is 1. The molecule has 0 saturated carbocycles. The molecular weight excluding hydrogens is 328 g/mol. The zero-order chi connectivity index (χ0) is 17.3. The predicted octanol–water partition coefficient (Wildman–Crippen LogP) is 1.11. The highest BCUT2D eigenvalue weighted by molar-refractivity contribution is 7.89. The zero-order valence-corrected chi connectivity index (χ0v) is 14.7. The molecule has 7 nitrogen and oxygen atoms in total. The third-order valence-electron chi connectivity index (χ3n) is 4.49. The van der Waals surface area contributed by atoms with E-state index >= 15 is 0 Å². The fourth-order valence-electron chi connectivity index (χ4n) is 3.07. The van der Waals surface area contributed by atoms with E-state index in [1.54, 1.807) is 6.92 Å². The Balaban J connectivity index is 1.82. The highest BCUT2D eigenvalue weighted by Crippen LogP contribution is 2.27. The van der Waals surface area contributed by atoms with Gasteiger partial charge in [-0.2, -0.15) is 4.31 Å². The van der Waals surface area contributed by atoms with E-state index in [-0.39, 0.29) is 22.5 Å². The van der Waals surface area contributed by atoms with E-state index in [2.05, 4.69) is 22.2 Å². The maximum atomic E-state index is 12.9. The summed E-state index contributed by atoms with van der Waals surface area (Å²) in [6.45, 7) is 3.07. The maximum absolute atomic E-state index is 12.9. The normalized spacial score (nSPS) is 20.3. The molecule has 0 spiro atoms. The standard InChI is InChI=1S/C16H22N4O3S/c1-12-15(16(17)18-23-12)24(21,22)20-9-8-19(2)14(11-20)10-13-6-4-3-5-7-13/h3-7,14H,8-11H2,1-2H3,(H2,17,18). The van der Waals surface area contributed by atoms with Crippen LogP contribution in [0.1, 0.15) is 11.3 Å². The summed E-state index contributed by atoms with van der Waals surface area (Å²) in [5.74, 6) is 0.150.